The van der Waals surface area contributed by atoms with Gasteiger partial charge in [0.1, 0.15) is 5.82 Å². The van der Waals surface area contributed by atoms with Gasteiger partial charge in [-0.3, -0.25) is 9.59 Å². The molecule has 0 spiro atoms. The topological polar surface area (TPSA) is 46.2 Å². The van der Waals surface area contributed by atoms with Crippen molar-refractivity contribution in [3.63, 3.8) is 0 Å². The summed E-state index contributed by atoms with van der Waals surface area (Å²) >= 11 is 5.98. The van der Waals surface area contributed by atoms with Crippen molar-refractivity contribution in [1.29, 1.82) is 0 Å². The molecule has 0 aromatic heterocycles. The van der Waals surface area contributed by atoms with E-state index in [-0.39, 0.29) is 18.1 Å². The summed E-state index contributed by atoms with van der Waals surface area (Å²) in [5.74, 6) is -0.882. The Labute approximate surface area is 119 Å². The molecule has 5 heteroatoms. The summed E-state index contributed by atoms with van der Waals surface area (Å²) in [6.45, 7) is 0. The standard InChI is InChI=1S/C15H9ClFNO2/c16-10-5-9-6-13(19)18-14(9)12(7-10)15(20)8-1-3-11(17)4-2-8/h1-5,7H,6H2,(H,18,19). The number of anilines is 1. The molecule has 0 atom stereocenters. The zero-order valence-corrected chi connectivity index (χ0v) is 11.0. The second kappa shape index (κ2) is 4.72. The number of hydrogen-bond donors (Lipinski definition) is 1. The lowest BCUT2D eigenvalue weighted by Gasteiger charge is -2.08. The molecule has 0 fully saturated rings. The second-order valence-electron chi connectivity index (χ2n) is 4.55. The summed E-state index contributed by atoms with van der Waals surface area (Å²) in [4.78, 5) is 23.9. The number of hydrogen-bond acceptors (Lipinski definition) is 2. The minimum atomic E-state index is -0.411. The maximum Gasteiger partial charge on any atom is 0.228 e. The number of ketones is 1. The van der Waals surface area contributed by atoms with Crippen molar-refractivity contribution in [2.45, 2.75) is 6.42 Å². The van der Waals surface area contributed by atoms with Crippen LogP contribution in [-0.2, 0) is 11.2 Å². The fraction of sp³-hybridized carbons (Fsp3) is 0.0667. The molecule has 1 aliphatic rings. The summed E-state index contributed by atoms with van der Waals surface area (Å²) in [6, 6.07) is 8.42. The van der Waals surface area contributed by atoms with E-state index < -0.39 is 5.82 Å². The fourth-order valence-corrected chi connectivity index (χ4v) is 2.48. The number of fused-ring (bicyclic) bond motifs is 1. The highest BCUT2D eigenvalue weighted by molar-refractivity contribution is 6.32. The van der Waals surface area contributed by atoms with E-state index in [1.54, 1.807) is 6.07 Å². The van der Waals surface area contributed by atoms with Crippen LogP contribution in [0.1, 0.15) is 21.5 Å². The molecule has 0 aliphatic carbocycles. The molecular formula is C15H9ClFNO2. The number of carbonyl (C=O) groups is 2. The van der Waals surface area contributed by atoms with Crippen molar-refractivity contribution in [1.82, 2.24) is 0 Å². The van der Waals surface area contributed by atoms with Crippen LogP contribution in [0.25, 0.3) is 0 Å². The second-order valence-corrected chi connectivity index (χ2v) is 4.98. The third-order valence-corrected chi connectivity index (χ3v) is 3.37. The van der Waals surface area contributed by atoms with E-state index in [0.717, 1.165) is 0 Å². The zero-order chi connectivity index (χ0) is 14.3. The SMILES string of the molecule is O=C1Cc2cc(Cl)cc(C(=O)c3ccc(F)cc3)c2N1. The van der Waals surface area contributed by atoms with Gasteiger partial charge in [0.05, 0.1) is 12.1 Å². The molecule has 0 radical (unpaired) electrons. The maximum atomic E-state index is 12.9. The summed E-state index contributed by atoms with van der Waals surface area (Å²) in [5, 5.41) is 3.06. The van der Waals surface area contributed by atoms with Crippen LogP contribution in [0, 0.1) is 5.82 Å². The van der Waals surface area contributed by atoms with Crippen LogP contribution in [0.3, 0.4) is 0 Å². The molecule has 3 nitrogen and oxygen atoms in total. The summed E-state index contributed by atoms with van der Waals surface area (Å²) in [5.41, 5.74) is 1.86. The average molecular weight is 290 g/mol. The van der Waals surface area contributed by atoms with Gasteiger partial charge in [-0.05, 0) is 42.0 Å². The first kappa shape index (κ1) is 12.8. The van der Waals surface area contributed by atoms with Crippen LogP contribution < -0.4 is 5.32 Å². The molecular weight excluding hydrogens is 281 g/mol. The van der Waals surface area contributed by atoms with Crippen LogP contribution in [0.15, 0.2) is 36.4 Å². The summed E-state index contributed by atoms with van der Waals surface area (Å²) in [7, 11) is 0. The number of carbonyl (C=O) groups excluding carboxylic acids is 2. The summed E-state index contributed by atoms with van der Waals surface area (Å²) < 4.78 is 12.9. The lowest BCUT2D eigenvalue weighted by Crippen LogP contribution is -2.08. The van der Waals surface area contributed by atoms with Gasteiger partial charge in [0.15, 0.2) is 5.78 Å². The van der Waals surface area contributed by atoms with Crippen molar-refractivity contribution < 1.29 is 14.0 Å². The van der Waals surface area contributed by atoms with Gasteiger partial charge in [0.25, 0.3) is 0 Å². The lowest BCUT2D eigenvalue weighted by atomic mass is 9.99. The Morgan fingerprint density at radius 3 is 2.60 bits per heavy atom. The molecule has 1 heterocycles. The average Bonchev–Trinajstić information content (AvgIpc) is 2.78. The van der Waals surface area contributed by atoms with E-state index in [9.17, 15) is 14.0 Å². The number of nitrogens with one attached hydrogen (secondary N) is 1. The van der Waals surface area contributed by atoms with Crippen LogP contribution in [0.4, 0.5) is 10.1 Å². The molecule has 1 aliphatic heterocycles. The smallest absolute Gasteiger partial charge is 0.228 e. The highest BCUT2D eigenvalue weighted by Gasteiger charge is 2.25. The molecule has 100 valence electrons. The van der Waals surface area contributed by atoms with Gasteiger partial charge in [-0.1, -0.05) is 11.6 Å². The van der Waals surface area contributed by atoms with Gasteiger partial charge in [0.2, 0.25) is 5.91 Å². The number of halogens is 2. The molecule has 20 heavy (non-hydrogen) atoms. The number of benzene rings is 2. The third-order valence-electron chi connectivity index (χ3n) is 3.15. The van der Waals surface area contributed by atoms with Crippen molar-refractivity contribution in [2.75, 3.05) is 5.32 Å². The first-order chi connectivity index (χ1) is 9.54. The number of amides is 1. The predicted octanol–water partition coefficient (Wildman–Crippen LogP) is 3.20. The number of rotatable bonds is 2. The van der Waals surface area contributed by atoms with E-state index in [0.29, 0.717) is 27.4 Å². The molecule has 0 unspecified atom stereocenters. The summed E-state index contributed by atoms with van der Waals surface area (Å²) in [6.07, 6.45) is 0.208. The molecule has 1 N–H and O–H groups in total. The van der Waals surface area contributed by atoms with Crippen molar-refractivity contribution in [3.05, 3.63) is 63.9 Å². The fourth-order valence-electron chi connectivity index (χ4n) is 2.24. The highest BCUT2D eigenvalue weighted by Crippen LogP contribution is 2.32. The Balaban J connectivity index is 2.09. The predicted molar refractivity (Wildman–Crippen MR) is 73.6 cm³/mol. The van der Waals surface area contributed by atoms with E-state index in [1.165, 1.54) is 30.3 Å². The van der Waals surface area contributed by atoms with Gasteiger partial charge in [0, 0.05) is 16.1 Å². The van der Waals surface area contributed by atoms with Crippen molar-refractivity contribution >= 4 is 29.0 Å². The minimum Gasteiger partial charge on any atom is -0.325 e. The molecule has 0 saturated carbocycles. The van der Waals surface area contributed by atoms with E-state index in [4.69, 9.17) is 11.6 Å². The van der Waals surface area contributed by atoms with Gasteiger partial charge >= 0.3 is 0 Å². The van der Waals surface area contributed by atoms with Crippen molar-refractivity contribution in [3.8, 4) is 0 Å². The quantitative estimate of drug-likeness (QED) is 0.863. The molecule has 0 saturated heterocycles. The molecule has 2 aromatic carbocycles. The van der Waals surface area contributed by atoms with Gasteiger partial charge < -0.3 is 5.32 Å². The first-order valence-corrected chi connectivity index (χ1v) is 6.35. The largest absolute Gasteiger partial charge is 0.325 e. The molecule has 0 bridgehead atoms. The van der Waals surface area contributed by atoms with E-state index in [1.807, 2.05) is 0 Å². The Morgan fingerprint density at radius 1 is 1.20 bits per heavy atom. The Hall–Kier alpha value is -2.20. The molecule has 1 amide bonds. The van der Waals surface area contributed by atoms with Gasteiger partial charge in [-0.2, -0.15) is 0 Å². The highest BCUT2D eigenvalue weighted by atomic mass is 35.5. The Bertz CT molecular complexity index is 725. The normalized spacial score (nSPS) is 13.0. The van der Waals surface area contributed by atoms with Crippen LogP contribution >= 0.6 is 11.6 Å². The van der Waals surface area contributed by atoms with Gasteiger partial charge in [-0.25, -0.2) is 4.39 Å². The Kier molecular flexibility index (Phi) is 3.03. The molecule has 2 aromatic rings. The van der Waals surface area contributed by atoms with Gasteiger partial charge in [-0.15, -0.1) is 0 Å². The van der Waals surface area contributed by atoms with Crippen LogP contribution in [0.2, 0.25) is 5.02 Å². The maximum absolute atomic E-state index is 12.9. The first-order valence-electron chi connectivity index (χ1n) is 5.97. The lowest BCUT2D eigenvalue weighted by molar-refractivity contribution is -0.115. The third kappa shape index (κ3) is 2.18. The monoisotopic (exact) mass is 289 g/mol. The van der Waals surface area contributed by atoms with Crippen LogP contribution in [-0.4, -0.2) is 11.7 Å². The Morgan fingerprint density at radius 2 is 1.90 bits per heavy atom. The molecule has 3 rings (SSSR count). The van der Waals surface area contributed by atoms with E-state index >= 15 is 0 Å². The van der Waals surface area contributed by atoms with Crippen LogP contribution in [0.5, 0.6) is 0 Å². The zero-order valence-electron chi connectivity index (χ0n) is 10.2. The minimum absolute atomic E-state index is 0.171. The van der Waals surface area contributed by atoms with Crippen molar-refractivity contribution in [2.24, 2.45) is 0 Å². The van der Waals surface area contributed by atoms with E-state index in [2.05, 4.69) is 5.32 Å².